The van der Waals surface area contributed by atoms with Crippen LogP contribution in [0.1, 0.15) is 12.0 Å². The van der Waals surface area contributed by atoms with Gasteiger partial charge in [-0.05, 0) is 19.1 Å². The number of methoxy groups -OCH3 is 1. The van der Waals surface area contributed by atoms with Gasteiger partial charge in [0.15, 0.2) is 0 Å². The van der Waals surface area contributed by atoms with Crippen LogP contribution >= 0.6 is 0 Å². The Morgan fingerprint density at radius 1 is 1.26 bits per heavy atom. The Hall–Kier alpha value is -1.78. The van der Waals surface area contributed by atoms with Gasteiger partial charge in [0.2, 0.25) is 15.9 Å². The van der Waals surface area contributed by atoms with E-state index < -0.39 is 28.3 Å². The second-order valence-corrected chi connectivity index (χ2v) is 8.00. The molecule has 1 aromatic carbocycles. The molecule has 0 radical (unpaired) electrons. The van der Waals surface area contributed by atoms with Gasteiger partial charge in [0.05, 0.1) is 36.7 Å². The number of rotatable bonds is 9. The van der Waals surface area contributed by atoms with Crippen molar-refractivity contribution in [3.63, 3.8) is 0 Å². The van der Waals surface area contributed by atoms with E-state index in [1.807, 2.05) is 6.92 Å². The Morgan fingerprint density at radius 2 is 1.96 bits per heavy atom. The molecule has 1 aromatic rings. The molecule has 1 amide bonds. The highest BCUT2D eigenvalue weighted by molar-refractivity contribution is 7.89. The highest BCUT2D eigenvalue weighted by Gasteiger charge is 2.31. The monoisotopic (exact) mass is 398 g/mol. The summed E-state index contributed by atoms with van der Waals surface area (Å²) in [6.07, 6.45) is 2.00. The maximum Gasteiger partial charge on any atom is 0.241 e. The lowest BCUT2D eigenvalue weighted by Crippen LogP contribution is -2.49. The fourth-order valence-corrected chi connectivity index (χ4v) is 3.84. The zero-order valence-corrected chi connectivity index (χ0v) is 16.2. The molecule has 0 spiro atoms. The van der Waals surface area contributed by atoms with E-state index in [1.54, 1.807) is 31.4 Å². The van der Waals surface area contributed by atoms with E-state index in [9.17, 15) is 18.3 Å². The standard InChI is InChI=1S/C18H26N2O6S/c1-13-3-6-15(7-4-13)27(23,24)20-16-8-5-14(26-17(16)12-21)11-18(22)19-9-10-25-2/h3-8,14,16-17,20-21H,9-12H2,1-2H3,(H,19,22)/t14-,16-,17-/m0/s1. The molecule has 0 saturated heterocycles. The third kappa shape index (κ3) is 6.40. The van der Waals surface area contributed by atoms with E-state index in [2.05, 4.69) is 10.0 Å². The van der Waals surface area contributed by atoms with E-state index in [0.29, 0.717) is 13.2 Å². The molecule has 8 nitrogen and oxygen atoms in total. The Labute approximate surface area is 159 Å². The quantitative estimate of drug-likeness (QED) is 0.402. The Balaban J connectivity index is 1.99. The number of carbonyl (C=O) groups excluding carboxylic acids is 1. The van der Waals surface area contributed by atoms with Crippen LogP contribution in [-0.2, 0) is 24.3 Å². The maximum atomic E-state index is 12.5. The normalized spacial score (nSPS) is 22.6. The largest absolute Gasteiger partial charge is 0.394 e. The number of ether oxygens (including phenoxy) is 2. The average Bonchev–Trinajstić information content (AvgIpc) is 2.63. The molecule has 1 aliphatic rings. The molecular weight excluding hydrogens is 372 g/mol. The summed E-state index contributed by atoms with van der Waals surface area (Å²) in [5, 5.41) is 12.3. The molecule has 0 fully saturated rings. The van der Waals surface area contributed by atoms with E-state index in [-0.39, 0.29) is 23.8 Å². The van der Waals surface area contributed by atoms with Crippen molar-refractivity contribution in [1.29, 1.82) is 0 Å². The van der Waals surface area contributed by atoms with E-state index in [1.165, 1.54) is 12.1 Å². The van der Waals surface area contributed by atoms with Crippen molar-refractivity contribution in [3.8, 4) is 0 Å². The van der Waals surface area contributed by atoms with Gasteiger partial charge in [-0.15, -0.1) is 0 Å². The Morgan fingerprint density at radius 3 is 2.59 bits per heavy atom. The highest BCUT2D eigenvalue weighted by atomic mass is 32.2. The highest BCUT2D eigenvalue weighted by Crippen LogP contribution is 2.18. The predicted molar refractivity (Wildman–Crippen MR) is 99.7 cm³/mol. The number of aryl methyl sites for hydroxylation is 1. The lowest BCUT2D eigenvalue weighted by atomic mass is 10.1. The van der Waals surface area contributed by atoms with E-state index >= 15 is 0 Å². The van der Waals surface area contributed by atoms with Crippen LogP contribution in [0, 0.1) is 6.92 Å². The Kier molecular flexibility index (Phi) is 7.93. The molecule has 0 aromatic heterocycles. The summed E-state index contributed by atoms with van der Waals surface area (Å²) in [4.78, 5) is 12.0. The van der Waals surface area contributed by atoms with E-state index in [0.717, 1.165) is 5.56 Å². The fourth-order valence-electron chi connectivity index (χ4n) is 2.62. The lowest BCUT2D eigenvalue weighted by molar-refractivity contribution is -0.125. The first kappa shape index (κ1) is 21.5. The molecule has 3 N–H and O–H groups in total. The average molecular weight is 398 g/mol. The van der Waals surface area contributed by atoms with Crippen molar-refractivity contribution < 1.29 is 27.8 Å². The van der Waals surface area contributed by atoms with Crippen LogP contribution in [0.15, 0.2) is 41.3 Å². The topological polar surface area (TPSA) is 114 Å². The molecule has 0 bridgehead atoms. The summed E-state index contributed by atoms with van der Waals surface area (Å²) >= 11 is 0. The van der Waals surface area contributed by atoms with Crippen LogP contribution < -0.4 is 10.0 Å². The summed E-state index contributed by atoms with van der Waals surface area (Å²) in [5.74, 6) is -0.211. The van der Waals surface area contributed by atoms with Gasteiger partial charge in [-0.3, -0.25) is 4.79 Å². The lowest BCUT2D eigenvalue weighted by Gasteiger charge is -2.31. The van der Waals surface area contributed by atoms with Crippen molar-refractivity contribution in [2.75, 3.05) is 26.9 Å². The van der Waals surface area contributed by atoms with Crippen molar-refractivity contribution >= 4 is 15.9 Å². The molecule has 150 valence electrons. The van der Waals surface area contributed by atoms with Gasteiger partial charge in [0, 0.05) is 13.7 Å². The van der Waals surface area contributed by atoms with Gasteiger partial charge >= 0.3 is 0 Å². The molecule has 1 heterocycles. The van der Waals surface area contributed by atoms with Crippen LogP contribution in [0.2, 0.25) is 0 Å². The predicted octanol–water partition coefficient (Wildman–Crippen LogP) is 0.111. The molecule has 3 atom stereocenters. The molecule has 9 heteroatoms. The number of carbonyl (C=O) groups is 1. The number of sulfonamides is 1. The second kappa shape index (κ2) is 9.95. The first-order valence-corrected chi connectivity index (χ1v) is 10.1. The van der Waals surface area contributed by atoms with Crippen LogP contribution in [-0.4, -0.2) is 64.5 Å². The second-order valence-electron chi connectivity index (χ2n) is 6.29. The first-order valence-electron chi connectivity index (χ1n) is 8.65. The Bertz CT molecular complexity index is 748. The minimum Gasteiger partial charge on any atom is -0.394 e. The van der Waals surface area contributed by atoms with Crippen LogP contribution in [0.25, 0.3) is 0 Å². The number of nitrogens with one attached hydrogen (secondary N) is 2. The molecular formula is C18H26N2O6S. The summed E-state index contributed by atoms with van der Waals surface area (Å²) in [6, 6.07) is 5.74. The van der Waals surface area contributed by atoms with E-state index in [4.69, 9.17) is 9.47 Å². The van der Waals surface area contributed by atoms with Crippen molar-refractivity contribution in [2.45, 2.75) is 36.5 Å². The number of amides is 1. The maximum absolute atomic E-state index is 12.5. The van der Waals surface area contributed by atoms with Crippen LogP contribution in [0.5, 0.6) is 0 Å². The van der Waals surface area contributed by atoms with Gasteiger partial charge in [-0.2, -0.15) is 0 Å². The van der Waals surface area contributed by atoms with Crippen molar-refractivity contribution in [1.82, 2.24) is 10.0 Å². The first-order chi connectivity index (χ1) is 12.9. The van der Waals surface area contributed by atoms with Gasteiger partial charge in [0.25, 0.3) is 0 Å². The molecule has 2 rings (SSSR count). The smallest absolute Gasteiger partial charge is 0.241 e. The van der Waals surface area contributed by atoms with Crippen molar-refractivity contribution in [2.24, 2.45) is 0 Å². The minimum atomic E-state index is -3.76. The molecule has 0 saturated carbocycles. The van der Waals surface area contributed by atoms with Crippen LogP contribution in [0.3, 0.4) is 0 Å². The fraction of sp³-hybridized carbons (Fsp3) is 0.500. The number of aliphatic hydroxyl groups is 1. The van der Waals surface area contributed by atoms with Crippen molar-refractivity contribution in [3.05, 3.63) is 42.0 Å². The molecule has 1 aliphatic heterocycles. The minimum absolute atomic E-state index is 0.0775. The number of hydrogen-bond donors (Lipinski definition) is 3. The SMILES string of the molecule is COCCNC(=O)C[C@@H]1C=C[C@H](NS(=O)(=O)c2ccc(C)cc2)[C@H](CO)O1. The summed E-state index contributed by atoms with van der Waals surface area (Å²) in [5.41, 5.74) is 0.953. The molecule has 27 heavy (non-hydrogen) atoms. The summed E-state index contributed by atoms with van der Waals surface area (Å²) < 4.78 is 38.1. The zero-order chi connectivity index (χ0) is 19.9. The van der Waals surface area contributed by atoms with Gasteiger partial charge in [0.1, 0.15) is 6.10 Å². The third-order valence-electron chi connectivity index (χ3n) is 4.10. The summed E-state index contributed by atoms with van der Waals surface area (Å²) in [6.45, 7) is 2.30. The molecule has 0 unspecified atom stereocenters. The van der Waals surface area contributed by atoms with Gasteiger partial charge < -0.3 is 19.9 Å². The number of hydrogen-bond acceptors (Lipinski definition) is 6. The van der Waals surface area contributed by atoms with Crippen LogP contribution in [0.4, 0.5) is 0 Å². The number of aliphatic hydroxyl groups excluding tert-OH is 1. The zero-order valence-electron chi connectivity index (χ0n) is 15.4. The molecule has 0 aliphatic carbocycles. The summed E-state index contributed by atoms with van der Waals surface area (Å²) in [7, 11) is -2.22. The third-order valence-corrected chi connectivity index (χ3v) is 5.58. The van der Waals surface area contributed by atoms with Gasteiger partial charge in [-0.25, -0.2) is 13.1 Å². The van der Waals surface area contributed by atoms with Gasteiger partial charge in [-0.1, -0.05) is 29.8 Å². The number of benzene rings is 1.